The highest BCUT2D eigenvalue weighted by molar-refractivity contribution is 6.33. The van der Waals surface area contributed by atoms with Crippen molar-refractivity contribution in [2.24, 2.45) is 0 Å². The van der Waals surface area contributed by atoms with Crippen LogP contribution in [0.25, 0.3) is 0 Å². The van der Waals surface area contributed by atoms with Gasteiger partial charge in [-0.25, -0.2) is 4.98 Å². The van der Waals surface area contributed by atoms with Gasteiger partial charge in [0.1, 0.15) is 17.6 Å². The van der Waals surface area contributed by atoms with Crippen LogP contribution in [0.4, 0.5) is 5.82 Å². The summed E-state index contributed by atoms with van der Waals surface area (Å²) in [5.41, 5.74) is 0.396. The van der Waals surface area contributed by atoms with Gasteiger partial charge in [-0.05, 0) is 24.6 Å². The van der Waals surface area contributed by atoms with E-state index in [0.717, 1.165) is 0 Å². The number of aliphatic hydroxyl groups is 1. The minimum atomic E-state index is -0.224. The Morgan fingerprint density at radius 2 is 2.42 bits per heavy atom. The lowest BCUT2D eigenvalue weighted by Crippen LogP contribution is -2.13. The fraction of sp³-hybridized carbons (Fsp3) is 0.231. The van der Waals surface area contributed by atoms with Crippen molar-refractivity contribution in [3.63, 3.8) is 0 Å². The van der Waals surface area contributed by atoms with Crippen LogP contribution in [0.1, 0.15) is 23.8 Å². The molecule has 5 nitrogen and oxygen atoms in total. The zero-order valence-corrected chi connectivity index (χ0v) is 10.8. The van der Waals surface area contributed by atoms with Crippen LogP contribution in [0.3, 0.4) is 0 Å². The van der Waals surface area contributed by atoms with E-state index in [9.17, 15) is 0 Å². The Labute approximate surface area is 115 Å². The van der Waals surface area contributed by atoms with Crippen LogP contribution in [-0.4, -0.2) is 16.7 Å². The molecule has 2 heterocycles. The smallest absolute Gasteiger partial charge is 0.145 e. The fourth-order valence-electron chi connectivity index (χ4n) is 1.67. The molecule has 0 aliphatic carbocycles. The molecule has 0 aliphatic heterocycles. The van der Waals surface area contributed by atoms with Crippen molar-refractivity contribution < 1.29 is 9.52 Å². The topological polar surface area (TPSA) is 82.1 Å². The zero-order valence-electron chi connectivity index (χ0n) is 10.0. The molecule has 6 heteroatoms. The number of hydrogen-bond acceptors (Lipinski definition) is 5. The molecule has 0 aromatic carbocycles. The summed E-state index contributed by atoms with van der Waals surface area (Å²) < 4.78 is 5.31. The van der Waals surface area contributed by atoms with Gasteiger partial charge in [0.25, 0.3) is 0 Å². The Bertz CT molecular complexity index is 578. The summed E-state index contributed by atoms with van der Waals surface area (Å²) >= 11 is 6.04. The lowest BCUT2D eigenvalue weighted by molar-refractivity contribution is 0.273. The Kier molecular flexibility index (Phi) is 4.39. The van der Waals surface area contributed by atoms with Crippen LogP contribution in [0.5, 0.6) is 0 Å². The Balaban J connectivity index is 2.20. The second kappa shape index (κ2) is 6.23. The molecule has 2 aromatic heterocycles. The maximum absolute atomic E-state index is 9.09. The highest BCUT2D eigenvalue weighted by Crippen LogP contribution is 2.26. The van der Waals surface area contributed by atoms with Gasteiger partial charge in [0.2, 0.25) is 0 Å². The molecule has 0 fully saturated rings. The number of rotatable bonds is 5. The number of aliphatic hydroxyl groups excluding tert-OH is 1. The molecule has 0 aliphatic rings. The summed E-state index contributed by atoms with van der Waals surface area (Å²) in [6.07, 6.45) is 3.47. The maximum Gasteiger partial charge on any atom is 0.145 e. The number of furan rings is 1. The van der Waals surface area contributed by atoms with Crippen molar-refractivity contribution in [1.82, 2.24) is 4.98 Å². The van der Waals surface area contributed by atoms with Gasteiger partial charge in [0.15, 0.2) is 0 Å². The summed E-state index contributed by atoms with van der Waals surface area (Å²) in [7, 11) is 0. The molecule has 0 saturated carbocycles. The molecule has 0 spiro atoms. The zero-order chi connectivity index (χ0) is 13.7. The van der Waals surface area contributed by atoms with Gasteiger partial charge in [-0.1, -0.05) is 11.6 Å². The van der Waals surface area contributed by atoms with E-state index in [1.807, 2.05) is 12.1 Å². The summed E-state index contributed by atoms with van der Waals surface area (Å²) in [5, 5.41) is 21.3. The van der Waals surface area contributed by atoms with Gasteiger partial charge >= 0.3 is 0 Å². The van der Waals surface area contributed by atoms with E-state index in [2.05, 4.69) is 10.3 Å². The summed E-state index contributed by atoms with van der Waals surface area (Å²) in [5.74, 6) is 1.15. The van der Waals surface area contributed by atoms with Gasteiger partial charge in [-0.2, -0.15) is 5.26 Å². The van der Waals surface area contributed by atoms with E-state index in [1.165, 1.54) is 12.3 Å². The predicted octanol–water partition coefficient (Wildman–Crippen LogP) is 2.74. The molecule has 0 bridgehead atoms. The van der Waals surface area contributed by atoms with Crippen molar-refractivity contribution in [2.75, 3.05) is 11.9 Å². The number of nitriles is 1. The van der Waals surface area contributed by atoms with Crippen molar-refractivity contribution in [3.8, 4) is 6.07 Å². The quantitative estimate of drug-likeness (QED) is 0.878. The molecule has 0 radical (unpaired) electrons. The second-order valence-electron chi connectivity index (χ2n) is 3.89. The molecule has 0 saturated heterocycles. The second-order valence-corrected chi connectivity index (χ2v) is 4.30. The summed E-state index contributed by atoms with van der Waals surface area (Å²) in [4.78, 5) is 4.09. The van der Waals surface area contributed by atoms with E-state index in [1.54, 1.807) is 12.3 Å². The monoisotopic (exact) mass is 277 g/mol. The average Bonchev–Trinajstić information content (AvgIpc) is 2.94. The van der Waals surface area contributed by atoms with Gasteiger partial charge in [0, 0.05) is 12.8 Å². The SMILES string of the molecule is N#Cc1cnc(NC(CCO)c2ccco2)c(Cl)c1. The van der Waals surface area contributed by atoms with Crippen LogP contribution in [0.15, 0.2) is 35.1 Å². The number of anilines is 1. The molecule has 1 atom stereocenters. The van der Waals surface area contributed by atoms with Crippen molar-refractivity contribution >= 4 is 17.4 Å². The van der Waals surface area contributed by atoms with E-state index in [-0.39, 0.29) is 12.6 Å². The molecule has 19 heavy (non-hydrogen) atoms. The van der Waals surface area contributed by atoms with Crippen LogP contribution in [-0.2, 0) is 0 Å². The normalized spacial score (nSPS) is 11.8. The Morgan fingerprint density at radius 3 is 3.00 bits per heavy atom. The fourth-order valence-corrected chi connectivity index (χ4v) is 1.90. The molecule has 0 amide bonds. The standard InChI is InChI=1S/C13H12ClN3O2/c14-10-6-9(7-15)8-16-13(10)17-11(3-4-18)12-2-1-5-19-12/h1-2,5-6,8,11,18H,3-4H2,(H,16,17). The third-order valence-corrected chi connectivity index (χ3v) is 2.87. The number of hydrogen-bond donors (Lipinski definition) is 2. The van der Waals surface area contributed by atoms with Crippen molar-refractivity contribution in [1.29, 1.82) is 5.26 Å². The molecule has 2 N–H and O–H groups in total. The molecular weight excluding hydrogens is 266 g/mol. The highest BCUT2D eigenvalue weighted by atomic mass is 35.5. The first kappa shape index (κ1) is 13.4. The van der Waals surface area contributed by atoms with Crippen molar-refractivity contribution in [2.45, 2.75) is 12.5 Å². The number of nitrogens with one attached hydrogen (secondary N) is 1. The van der Waals surface area contributed by atoms with E-state index in [0.29, 0.717) is 28.6 Å². The van der Waals surface area contributed by atoms with Crippen LogP contribution in [0.2, 0.25) is 5.02 Å². The summed E-state index contributed by atoms with van der Waals surface area (Å²) in [6.45, 7) is 0.00622. The first-order chi connectivity index (χ1) is 9.24. The van der Waals surface area contributed by atoms with E-state index in [4.69, 9.17) is 26.4 Å². The van der Waals surface area contributed by atoms with Crippen LogP contribution < -0.4 is 5.32 Å². The average molecular weight is 278 g/mol. The molecule has 98 valence electrons. The van der Waals surface area contributed by atoms with E-state index >= 15 is 0 Å². The molecule has 2 rings (SSSR count). The van der Waals surface area contributed by atoms with Gasteiger partial charge < -0.3 is 14.8 Å². The van der Waals surface area contributed by atoms with Crippen LogP contribution in [0, 0.1) is 11.3 Å². The lowest BCUT2D eigenvalue weighted by Gasteiger charge is -2.16. The number of nitrogens with zero attached hydrogens (tertiary/aromatic N) is 2. The summed E-state index contributed by atoms with van der Waals surface area (Å²) in [6, 6.07) is 6.86. The number of aromatic nitrogens is 1. The number of pyridine rings is 1. The maximum atomic E-state index is 9.09. The first-order valence-corrected chi connectivity index (χ1v) is 6.09. The predicted molar refractivity (Wildman–Crippen MR) is 70.7 cm³/mol. The van der Waals surface area contributed by atoms with Gasteiger partial charge in [-0.15, -0.1) is 0 Å². The first-order valence-electron chi connectivity index (χ1n) is 5.71. The molecule has 1 unspecified atom stereocenters. The van der Waals surface area contributed by atoms with Gasteiger partial charge in [0.05, 0.1) is 22.9 Å². The Morgan fingerprint density at radius 1 is 1.58 bits per heavy atom. The minimum absolute atomic E-state index is 0.00622. The van der Waals surface area contributed by atoms with Crippen LogP contribution >= 0.6 is 11.6 Å². The third-order valence-electron chi connectivity index (χ3n) is 2.59. The van der Waals surface area contributed by atoms with E-state index < -0.39 is 0 Å². The molecule has 2 aromatic rings. The minimum Gasteiger partial charge on any atom is -0.467 e. The molecular formula is C13H12ClN3O2. The van der Waals surface area contributed by atoms with Gasteiger partial charge in [-0.3, -0.25) is 0 Å². The highest BCUT2D eigenvalue weighted by Gasteiger charge is 2.16. The largest absolute Gasteiger partial charge is 0.467 e. The number of halogens is 1. The Hall–Kier alpha value is -2.03. The lowest BCUT2D eigenvalue weighted by atomic mass is 10.1. The van der Waals surface area contributed by atoms with Crippen molar-refractivity contribution in [3.05, 3.63) is 47.0 Å². The third kappa shape index (κ3) is 3.25.